The molecule has 31 heavy (non-hydrogen) atoms. The van der Waals surface area contributed by atoms with Gasteiger partial charge in [-0.05, 0) is 55.1 Å². The SMILES string of the molecule is COc1cc(CNC(=O)N2CCCC3(CCN(Cc4ccc(Cl)c(Cl)c4)C3)C2)ccn1. The standard InChI is InChI=1S/C23H28Cl2N4O2/c1-31-21-12-17(5-8-26-21)13-27-22(30)29-9-2-6-23(16-29)7-10-28(15-23)14-18-3-4-19(24)20(25)11-18/h3-5,8,11-12H,2,6-7,9-10,13-16H2,1H3,(H,27,30). The van der Waals surface area contributed by atoms with E-state index in [1.807, 2.05) is 35.2 Å². The van der Waals surface area contributed by atoms with Crippen LogP contribution < -0.4 is 10.1 Å². The van der Waals surface area contributed by atoms with Crippen molar-refractivity contribution in [3.05, 3.63) is 57.7 Å². The van der Waals surface area contributed by atoms with Crippen LogP contribution in [-0.2, 0) is 13.1 Å². The van der Waals surface area contributed by atoms with Gasteiger partial charge in [-0.2, -0.15) is 0 Å². The van der Waals surface area contributed by atoms with E-state index >= 15 is 0 Å². The van der Waals surface area contributed by atoms with E-state index in [2.05, 4.69) is 15.2 Å². The first kappa shape index (κ1) is 22.2. The van der Waals surface area contributed by atoms with Crippen LogP contribution in [0.2, 0.25) is 10.0 Å². The molecule has 2 aliphatic heterocycles. The highest BCUT2D eigenvalue weighted by Crippen LogP contribution is 2.39. The number of rotatable bonds is 5. The van der Waals surface area contributed by atoms with Gasteiger partial charge in [0.15, 0.2) is 0 Å². The zero-order valence-electron chi connectivity index (χ0n) is 17.7. The topological polar surface area (TPSA) is 57.7 Å². The number of carbonyl (C=O) groups is 1. The molecule has 8 heteroatoms. The molecule has 1 spiro atoms. The molecular weight excluding hydrogens is 435 g/mol. The number of hydrogen-bond donors (Lipinski definition) is 1. The average Bonchev–Trinajstić information content (AvgIpc) is 3.16. The Morgan fingerprint density at radius 3 is 2.81 bits per heavy atom. The summed E-state index contributed by atoms with van der Waals surface area (Å²) in [5.74, 6) is 0.552. The lowest BCUT2D eigenvalue weighted by Gasteiger charge is -2.40. The Kier molecular flexibility index (Phi) is 6.89. The lowest BCUT2D eigenvalue weighted by Crippen LogP contribution is -2.50. The minimum atomic E-state index is -0.00205. The van der Waals surface area contributed by atoms with Crippen LogP contribution in [0.25, 0.3) is 0 Å². The molecule has 4 rings (SSSR count). The van der Waals surface area contributed by atoms with Crippen LogP contribution in [-0.4, -0.2) is 54.1 Å². The van der Waals surface area contributed by atoms with Gasteiger partial charge in [0.1, 0.15) is 0 Å². The summed E-state index contributed by atoms with van der Waals surface area (Å²) >= 11 is 12.2. The predicted molar refractivity (Wildman–Crippen MR) is 123 cm³/mol. The molecule has 2 fully saturated rings. The van der Waals surface area contributed by atoms with Gasteiger partial charge in [-0.25, -0.2) is 9.78 Å². The molecule has 0 saturated carbocycles. The highest BCUT2D eigenvalue weighted by Gasteiger charge is 2.42. The summed E-state index contributed by atoms with van der Waals surface area (Å²) in [7, 11) is 1.59. The predicted octanol–water partition coefficient (Wildman–Crippen LogP) is 4.59. The summed E-state index contributed by atoms with van der Waals surface area (Å²) < 4.78 is 5.15. The van der Waals surface area contributed by atoms with Gasteiger partial charge in [0.2, 0.25) is 5.88 Å². The fourth-order valence-electron chi connectivity index (χ4n) is 4.73. The summed E-state index contributed by atoms with van der Waals surface area (Å²) in [5.41, 5.74) is 2.32. The highest BCUT2D eigenvalue weighted by atomic mass is 35.5. The van der Waals surface area contributed by atoms with Gasteiger partial charge < -0.3 is 15.0 Å². The van der Waals surface area contributed by atoms with Gasteiger partial charge >= 0.3 is 6.03 Å². The summed E-state index contributed by atoms with van der Waals surface area (Å²) in [6, 6.07) is 9.57. The van der Waals surface area contributed by atoms with Crippen molar-refractivity contribution in [3.8, 4) is 5.88 Å². The van der Waals surface area contributed by atoms with E-state index in [9.17, 15) is 4.79 Å². The first-order valence-electron chi connectivity index (χ1n) is 10.6. The lowest BCUT2D eigenvalue weighted by atomic mass is 9.79. The number of ether oxygens (including phenoxy) is 1. The summed E-state index contributed by atoms with van der Waals surface area (Å²) in [5, 5.41) is 4.23. The van der Waals surface area contributed by atoms with Gasteiger partial charge in [0, 0.05) is 50.4 Å². The van der Waals surface area contributed by atoms with E-state index in [-0.39, 0.29) is 11.4 Å². The number of amides is 2. The molecule has 1 atom stereocenters. The quantitative estimate of drug-likeness (QED) is 0.705. The van der Waals surface area contributed by atoms with Crippen molar-refractivity contribution in [1.29, 1.82) is 0 Å². The zero-order valence-corrected chi connectivity index (χ0v) is 19.3. The van der Waals surface area contributed by atoms with E-state index in [0.717, 1.165) is 57.5 Å². The fourth-order valence-corrected chi connectivity index (χ4v) is 5.06. The van der Waals surface area contributed by atoms with Gasteiger partial charge in [-0.1, -0.05) is 29.3 Å². The maximum absolute atomic E-state index is 12.8. The molecule has 1 aromatic carbocycles. The second-order valence-electron chi connectivity index (χ2n) is 8.60. The number of likely N-dealkylation sites (tertiary alicyclic amines) is 2. The number of hydrogen-bond acceptors (Lipinski definition) is 4. The molecule has 0 radical (unpaired) electrons. The number of urea groups is 1. The maximum Gasteiger partial charge on any atom is 0.317 e. The van der Waals surface area contributed by atoms with Crippen LogP contribution in [0, 0.1) is 5.41 Å². The van der Waals surface area contributed by atoms with Crippen LogP contribution in [0.5, 0.6) is 5.88 Å². The molecule has 0 bridgehead atoms. The minimum Gasteiger partial charge on any atom is -0.481 e. The molecule has 1 unspecified atom stereocenters. The van der Waals surface area contributed by atoms with Crippen molar-refractivity contribution in [2.24, 2.45) is 5.41 Å². The Hall–Kier alpha value is -2.02. The maximum atomic E-state index is 12.8. The van der Waals surface area contributed by atoms with Crippen molar-refractivity contribution < 1.29 is 9.53 Å². The van der Waals surface area contributed by atoms with E-state index in [4.69, 9.17) is 27.9 Å². The number of benzene rings is 1. The largest absolute Gasteiger partial charge is 0.481 e. The highest BCUT2D eigenvalue weighted by molar-refractivity contribution is 6.42. The molecule has 0 aliphatic carbocycles. The van der Waals surface area contributed by atoms with E-state index < -0.39 is 0 Å². The van der Waals surface area contributed by atoms with E-state index in [1.54, 1.807) is 13.3 Å². The summed E-state index contributed by atoms with van der Waals surface area (Å²) in [6.07, 6.45) is 5.00. The van der Waals surface area contributed by atoms with E-state index in [0.29, 0.717) is 22.5 Å². The Labute approximate surface area is 193 Å². The molecule has 166 valence electrons. The monoisotopic (exact) mass is 462 g/mol. The third kappa shape index (κ3) is 5.43. The van der Waals surface area contributed by atoms with Crippen molar-refractivity contribution in [3.63, 3.8) is 0 Å². The van der Waals surface area contributed by atoms with Gasteiger partial charge in [-0.3, -0.25) is 4.90 Å². The third-order valence-corrected chi connectivity index (χ3v) is 7.05. The number of nitrogens with zero attached hydrogens (tertiary/aromatic N) is 3. The first-order chi connectivity index (χ1) is 15.0. The Morgan fingerprint density at radius 1 is 1.13 bits per heavy atom. The first-order valence-corrected chi connectivity index (χ1v) is 11.4. The molecule has 1 aromatic heterocycles. The van der Waals surface area contributed by atoms with Crippen molar-refractivity contribution in [2.45, 2.75) is 32.4 Å². The van der Waals surface area contributed by atoms with Crippen LogP contribution in [0.4, 0.5) is 4.79 Å². The summed E-state index contributed by atoms with van der Waals surface area (Å²) in [4.78, 5) is 21.4. The molecule has 2 amide bonds. The second kappa shape index (κ2) is 9.63. The molecule has 1 N–H and O–H groups in total. The second-order valence-corrected chi connectivity index (χ2v) is 9.41. The number of aromatic nitrogens is 1. The lowest BCUT2D eigenvalue weighted by molar-refractivity contribution is 0.107. The number of methoxy groups -OCH3 is 1. The molecule has 2 aliphatic rings. The van der Waals surface area contributed by atoms with E-state index in [1.165, 1.54) is 5.56 Å². The van der Waals surface area contributed by atoms with Crippen molar-refractivity contribution in [1.82, 2.24) is 20.1 Å². The third-order valence-electron chi connectivity index (χ3n) is 6.31. The number of piperidine rings is 1. The Morgan fingerprint density at radius 2 is 2.00 bits per heavy atom. The van der Waals surface area contributed by atoms with Gasteiger partial charge in [-0.15, -0.1) is 0 Å². The summed E-state index contributed by atoms with van der Waals surface area (Å²) in [6.45, 7) is 4.96. The Balaban J connectivity index is 1.32. The molecule has 2 saturated heterocycles. The van der Waals surface area contributed by atoms with Crippen molar-refractivity contribution in [2.75, 3.05) is 33.3 Å². The minimum absolute atomic E-state index is 0.00205. The number of nitrogens with one attached hydrogen (secondary N) is 1. The van der Waals surface area contributed by atoms with Crippen LogP contribution in [0.1, 0.15) is 30.4 Å². The number of halogens is 2. The average molecular weight is 463 g/mol. The van der Waals surface area contributed by atoms with Crippen molar-refractivity contribution >= 4 is 29.2 Å². The zero-order chi connectivity index (χ0) is 21.8. The number of carbonyl (C=O) groups excluding carboxylic acids is 1. The molecule has 6 nitrogen and oxygen atoms in total. The van der Waals surface area contributed by atoms with Crippen LogP contribution in [0.15, 0.2) is 36.5 Å². The fraction of sp³-hybridized carbons (Fsp3) is 0.478. The van der Waals surface area contributed by atoms with Crippen LogP contribution >= 0.6 is 23.2 Å². The van der Waals surface area contributed by atoms with Crippen LogP contribution in [0.3, 0.4) is 0 Å². The van der Waals surface area contributed by atoms with Gasteiger partial charge in [0.05, 0.1) is 17.2 Å². The number of pyridine rings is 1. The molecular formula is C23H28Cl2N4O2. The normalized spacial score (nSPS) is 21.5. The van der Waals surface area contributed by atoms with Gasteiger partial charge in [0.25, 0.3) is 0 Å². The molecule has 2 aromatic rings. The smallest absolute Gasteiger partial charge is 0.317 e. The Bertz CT molecular complexity index is 942. The molecule has 3 heterocycles.